The average molecular weight is 456 g/mol. The molecule has 0 fully saturated rings. The second kappa shape index (κ2) is 9.08. The maximum atomic E-state index is 14.6. The molecular weight excluding hydrogens is 425 g/mol. The summed E-state index contributed by atoms with van der Waals surface area (Å²) in [4.78, 5) is 25.1. The number of aliphatic hydroxyl groups is 1. The van der Waals surface area contributed by atoms with Crippen LogP contribution in [0.3, 0.4) is 0 Å². The molecule has 8 heteroatoms. The van der Waals surface area contributed by atoms with Crippen LogP contribution in [0.15, 0.2) is 41.3 Å². The first-order valence-electron chi connectivity index (χ1n) is 12.9. The fourth-order valence-corrected chi connectivity index (χ4v) is 3.46. The minimum Gasteiger partial charge on any atom is -0.496 e. The molecule has 3 aromatic rings. The average Bonchev–Trinajstić information content (AvgIpc) is 2.84. The molecule has 2 aromatic carbocycles. The number of carboxylic acid groups (broad SMARTS) is 1. The smallest absolute Gasteiger partial charge is 0.341 e. The lowest BCUT2D eigenvalue weighted by Gasteiger charge is -2.25. The molecule has 0 saturated heterocycles. The second-order valence-electron chi connectivity index (χ2n) is 6.60. The molecule has 1 unspecified atom stereocenters. The number of pyridine rings is 1. The molecule has 0 radical (unpaired) electrons. The van der Waals surface area contributed by atoms with E-state index in [1.165, 1.54) is 25.3 Å². The van der Waals surface area contributed by atoms with Crippen molar-refractivity contribution >= 4 is 28.5 Å². The minimum absolute atomic E-state index is 0.0308. The molecule has 3 rings (SSSR count). The highest BCUT2D eigenvalue weighted by atomic mass is 35.5. The van der Waals surface area contributed by atoms with E-state index in [-0.39, 0.29) is 28.3 Å². The Balaban J connectivity index is 2.50. The molecule has 6 nitrogen and oxygen atoms in total. The second-order valence-corrected chi connectivity index (χ2v) is 7.00. The van der Waals surface area contributed by atoms with E-state index in [1.807, 2.05) is 0 Å². The molecule has 0 spiro atoms. The number of carboxylic acids is 1. The summed E-state index contributed by atoms with van der Waals surface area (Å²) in [6, 6.07) is 3.18. The van der Waals surface area contributed by atoms with E-state index in [4.69, 9.17) is 27.3 Å². The molecule has 1 aromatic heterocycles. The third-order valence-electron chi connectivity index (χ3n) is 4.78. The first-order chi connectivity index (χ1) is 17.9. The van der Waals surface area contributed by atoms with Gasteiger partial charge in [-0.05, 0) is 29.2 Å². The molecular formula is C23H23ClFNO5. The highest BCUT2D eigenvalue weighted by Gasteiger charge is 2.23. The van der Waals surface area contributed by atoms with E-state index in [9.17, 15) is 24.2 Å². The first-order valence-corrected chi connectivity index (χ1v) is 9.27. The van der Waals surface area contributed by atoms with Crippen LogP contribution < -0.4 is 10.2 Å². The van der Waals surface area contributed by atoms with Gasteiger partial charge in [-0.25, -0.2) is 9.18 Å². The van der Waals surface area contributed by atoms with Crippen LogP contribution in [0.4, 0.5) is 4.39 Å². The fourth-order valence-electron chi connectivity index (χ4n) is 3.27. The van der Waals surface area contributed by atoms with Crippen molar-refractivity contribution in [3.8, 4) is 5.75 Å². The van der Waals surface area contributed by atoms with Gasteiger partial charge < -0.3 is 19.5 Å². The van der Waals surface area contributed by atoms with Gasteiger partial charge in [0.25, 0.3) is 0 Å². The van der Waals surface area contributed by atoms with E-state index < -0.39 is 65.9 Å². The zero-order valence-electron chi connectivity index (χ0n) is 24.2. The molecule has 1 atom stereocenters. The molecule has 0 aliphatic rings. The van der Waals surface area contributed by atoms with Crippen LogP contribution in [-0.4, -0.2) is 34.5 Å². The van der Waals surface area contributed by atoms with Crippen molar-refractivity contribution in [3.05, 3.63) is 74.3 Å². The molecule has 0 aliphatic carbocycles. The van der Waals surface area contributed by atoms with E-state index in [0.717, 1.165) is 12.1 Å². The maximum absolute atomic E-state index is 14.6. The Morgan fingerprint density at radius 1 is 1.35 bits per heavy atom. The lowest BCUT2D eigenvalue weighted by Crippen LogP contribution is -2.25. The Bertz CT molecular complexity index is 1490. The minimum atomic E-state index is -3.71. The normalized spacial score (nSPS) is 18.3. The predicted molar refractivity (Wildman–Crippen MR) is 117 cm³/mol. The lowest BCUT2D eigenvalue weighted by molar-refractivity contribution is 0.0694. The molecule has 1 heterocycles. The highest BCUT2D eigenvalue weighted by molar-refractivity contribution is 6.30. The van der Waals surface area contributed by atoms with Gasteiger partial charge in [0.2, 0.25) is 5.43 Å². The molecule has 164 valence electrons. The van der Waals surface area contributed by atoms with Crippen LogP contribution in [0.5, 0.6) is 5.75 Å². The predicted octanol–water partition coefficient (Wildman–Crippen LogP) is 4.28. The highest BCUT2D eigenvalue weighted by Crippen LogP contribution is 2.31. The molecule has 2 N–H and O–H groups in total. The van der Waals surface area contributed by atoms with Gasteiger partial charge in [-0.3, -0.25) is 4.79 Å². The summed E-state index contributed by atoms with van der Waals surface area (Å²) in [6.07, 6.45) is 0.327. The summed E-state index contributed by atoms with van der Waals surface area (Å²) in [5.74, 6) is -6.29. The number of fused-ring (bicyclic) bond motifs is 1. The summed E-state index contributed by atoms with van der Waals surface area (Å²) in [6.45, 7) is -8.96. The number of carbonyl (C=O) groups is 1. The molecule has 0 amide bonds. The Morgan fingerprint density at radius 3 is 2.71 bits per heavy atom. The molecule has 0 aliphatic heterocycles. The molecule has 31 heavy (non-hydrogen) atoms. The summed E-state index contributed by atoms with van der Waals surface area (Å²) in [5, 5.41) is 19.3. The summed E-state index contributed by atoms with van der Waals surface area (Å²) in [5.41, 5.74) is -2.22. The van der Waals surface area contributed by atoms with Gasteiger partial charge >= 0.3 is 5.97 Å². The lowest BCUT2D eigenvalue weighted by atomic mass is 9.98. The maximum Gasteiger partial charge on any atom is 0.341 e. The number of hydrogen-bond donors (Lipinski definition) is 2. The summed E-state index contributed by atoms with van der Waals surface area (Å²) in [7, 11) is 1.21. The van der Waals surface area contributed by atoms with Crippen LogP contribution in [-0.2, 0) is 6.42 Å². The SMILES string of the molecule is [2H]C([2H])([2H])C([2H])(C([2H])([2H])[2H])C([2H])(CO)n1cc(C(=O)O)c(=O)c2cc(Cc3cccc(Cl)c3F)c(OC)cc21. The van der Waals surface area contributed by atoms with Crippen LogP contribution in [0.1, 0.15) is 52.2 Å². The van der Waals surface area contributed by atoms with Crippen molar-refractivity contribution in [1.82, 2.24) is 4.57 Å². The van der Waals surface area contributed by atoms with Gasteiger partial charge in [0, 0.05) is 33.7 Å². The van der Waals surface area contributed by atoms with Gasteiger partial charge in [0.05, 0.1) is 31.6 Å². The van der Waals surface area contributed by atoms with Crippen LogP contribution in [0, 0.1) is 11.7 Å². The van der Waals surface area contributed by atoms with Gasteiger partial charge in [-0.1, -0.05) is 37.4 Å². The Kier molecular flexibility index (Phi) is 4.16. The van der Waals surface area contributed by atoms with Crippen molar-refractivity contribution in [2.24, 2.45) is 5.89 Å². The Labute approximate surface area is 194 Å². The third-order valence-corrected chi connectivity index (χ3v) is 5.07. The zero-order chi connectivity index (χ0) is 29.7. The fraction of sp³-hybridized carbons (Fsp3) is 0.304. The standard InChI is InChI=1S/C23H23ClFNO5/c1-12(2)19(11-27)26-10-16(23(29)30)22(28)15-8-14(20(31-3)9-18(15)26)7-13-5-4-6-17(24)21(13)25/h4-6,8-10,12,19,27H,7,11H2,1-3H3,(H,29,30)/i1D3,2D3,12D,19D. The quantitative estimate of drug-likeness (QED) is 0.555. The largest absolute Gasteiger partial charge is 0.496 e. The van der Waals surface area contributed by atoms with E-state index >= 15 is 0 Å². The number of benzene rings is 2. The number of ether oxygens (including phenoxy) is 1. The number of aromatic nitrogens is 1. The van der Waals surface area contributed by atoms with E-state index in [1.54, 1.807) is 0 Å². The summed E-state index contributed by atoms with van der Waals surface area (Å²) < 4.78 is 84.7. The molecule has 0 bridgehead atoms. The molecule has 0 saturated carbocycles. The number of halogens is 2. The number of aromatic carboxylic acids is 1. The topological polar surface area (TPSA) is 88.8 Å². The third kappa shape index (κ3) is 4.29. The summed E-state index contributed by atoms with van der Waals surface area (Å²) >= 11 is 5.85. The monoisotopic (exact) mass is 455 g/mol. The van der Waals surface area contributed by atoms with Crippen LogP contribution in [0.25, 0.3) is 10.9 Å². The first kappa shape index (κ1) is 14.2. The van der Waals surface area contributed by atoms with Crippen molar-refractivity contribution in [1.29, 1.82) is 0 Å². The van der Waals surface area contributed by atoms with E-state index in [0.29, 0.717) is 10.8 Å². The van der Waals surface area contributed by atoms with Gasteiger partial charge in [-0.2, -0.15) is 0 Å². The number of methoxy groups -OCH3 is 1. The number of aliphatic hydroxyl groups excluding tert-OH is 1. The number of hydrogen-bond acceptors (Lipinski definition) is 4. The van der Waals surface area contributed by atoms with Gasteiger partial charge in [0.15, 0.2) is 0 Å². The van der Waals surface area contributed by atoms with Crippen LogP contribution in [0.2, 0.25) is 5.02 Å². The van der Waals surface area contributed by atoms with Gasteiger partial charge in [-0.15, -0.1) is 0 Å². The van der Waals surface area contributed by atoms with Crippen molar-refractivity contribution in [3.63, 3.8) is 0 Å². The van der Waals surface area contributed by atoms with E-state index in [2.05, 4.69) is 0 Å². The zero-order valence-corrected chi connectivity index (χ0v) is 17.0. The number of nitrogens with zero attached hydrogens (tertiary/aromatic N) is 1. The van der Waals surface area contributed by atoms with Crippen LogP contribution >= 0.6 is 11.6 Å². The van der Waals surface area contributed by atoms with Crippen molar-refractivity contribution in [2.75, 3.05) is 13.7 Å². The van der Waals surface area contributed by atoms with Crippen molar-refractivity contribution < 1.29 is 35.1 Å². The Morgan fingerprint density at radius 2 is 2.10 bits per heavy atom. The van der Waals surface area contributed by atoms with Gasteiger partial charge in [0.1, 0.15) is 17.1 Å². The van der Waals surface area contributed by atoms with Crippen molar-refractivity contribution in [2.45, 2.75) is 26.1 Å². The Hall–Kier alpha value is -2.90. The number of rotatable bonds is 7.